The standard InChI is InChI=1S/C15H18N2O4/c1-4-21-11-7-5-10(6-8-11)12-13(20-3)9(2)14(18)17-15(19)16-12/h5-8,12H,4H2,1-3H3,(H2,16,17,18,19). The van der Waals surface area contributed by atoms with E-state index in [1.807, 2.05) is 31.2 Å². The van der Waals surface area contributed by atoms with E-state index in [0.29, 0.717) is 17.9 Å². The first-order chi connectivity index (χ1) is 10.1. The monoisotopic (exact) mass is 290 g/mol. The Labute approximate surface area is 123 Å². The molecule has 1 unspecified atom stereocenters. The molecule has 6 nitrogen and oxygen atoms in total. The SMILES string of the molecule is CCOc1ccc(C2NC(=O)NC(=O)C(C)=C2OC)cc1. The lowest BCUT2D eigenvalue weighted by Gasteiger charge is -2.20. The van der Waals surface area contributed by atoms with Gasteiger partial charge in [0.15, 0.2) is 0 Å². The third kappa shape index (κ3) is 3.16. The second kappa shape index (κ2) is 6.30. The van der Waals surface area contributed by atoms with Crippen molar-refractivity contribution in [2.45, 2.75) is 19.9 Å². The van der Waals surface area contributed by atoms with Crippen LogP contribution in [0.5, 0.6) is 5.75 Å². The molecule has 1 heterocycles. The van der Waals surface area contributed by atoms with E-state index in [0.717, 1.165) is 11.3 Å². The van der Waals surface area contributed by atoms with Crippen LogP contribution in [0.25, 0.3) is 0 Å². The molecule has 0 fully saturated rings. The van der Waals surface area contributed by atoms with Gasteiger partial charge in [0.2, 0.25) is 0 Å². The molecule has 2 rings (SSSR count). The summed E-state index contributed by atoms with van der Waals surface area (Å²) in [5.41, 5.74) is 1.18. The van der Waals surface area contributed by atoms with Gasteiger partial charge in [-0.1, -0.05) is 12.1 Å². The predicted molar refractivity (Wildman–Crippen MR) is 76.7 cm³/mol. The largest absolute Gasteiger partial charge is 0.498 e. The van der Waals surface area contributed by atoms with Gasteiger partial charge >= 0.3 is 6.03 Å². The number of benzene rings is 1. The van der Waals surface area contributed by atoms with Crippen LogP contribution >= 0.6 is 0 Å². The van der Waals surface area contributed by atoms with Gasteiger partial charge in [-0.2, -0.15) is 0 Å². The molecule has 112 valence electrons. The molecule has 2 N–H and O–H groups in total. The number of hydrogen-bond donors (Lipinski definition) is 2. The van der Waals surface area contributed by atoms with Crippen LogP contribution in [0.2, 0.25) is 0 Å². The Morgan fingerprint density at radius 1 is 1.19 bits per heavy atom. The average molecular weight is 290 g/mol. The second-order valence-corrected chi connectivity index (χ2v) is 4.56. The van der Waals surface area contributed by atoms with Gasteiger partial charge in [0.25, 0.3) is 5.91 Å². The molecular weight excluding hydrogens is 272 g/mol. The smallest absolute Gasteiger partial charge is 0.322 e. The lowest BCUT2D eigenvalue weighted by atomic mass is 10.0. The third-order valence-electron chi connectivity index (χ3n) is 3.22. The van der Waals surface area contributed by atoms with E-state index in [2.05, 4.69) is 10.6 Å². The maximum atomic E-state index is 11.8. The van der Waals surface area contributed by atoms with Crippen LogP contribution in [0, 0.1) is 0 Å². The summed E-state index contributed by atoms with van der Waals surface area (Å²) < 4.78 is 10.7. The Balaban J connectivity index is 2.38. The van der Waals surface area contributed by atoms with E-state index in [4.69, 9.17) is 9.47 Å². The Hall–Kier alpha value is -2.50. The highest BCUT2D eigenvalue weighted by atomic mass is 16.5. The van der Waals surface area contributed by atoms with E-state index in [-0.39, 0.29) is 0 Å². The van der Waals surface area contributed by atoms with Crippen molar-refractivity contribution < 1.29 is 19.1 Å². The number of ether oxygens (including phenoxy) is 2. The van der Waals surface area contributed by atoms with Crippen molar-refractivity contribution in [3.63, 3.8) is 0 Å². The topological polar surface area (TPSA) is 76.7 Å². The second-order valence-electron chi connectivity index (χ2n) is 4.56. The van der Waals surface area contributed by atoms with Gasteiger partial charge in [-0.05, 0) is 31.5 Å². The molecule has 6 heteroatoms. The van der Waals surface area contributed by atoms with Crippen molar-refractivity contribution in [2.24, 2.45) is 0 Å². The van der Waals surface area contributed by atoms with Crippen LogP contribution in [-0.4, -0.2) is 25.7 Å². The van der Waals surface area contributed by atoms with E-state index >= 15 is 0 Å². The molecule has 21 heavy (non-hydrogen) atoms. The highest BCUT2D eigenvalue weighted by Crippen LogP contribution is 2.28. The summed E-state index contributed by atoms with van der Waals surface area (Å²) in [6.07, 6.45) is 0. The van der Waals surface area contributed by atoms with E-state index in [9.17, 15) is 9.59 Å². The maximum absolute atomic E-state index is 11.8. The Kier molecular flexibility index (Phi) is 4.47. The summed E-state index contributed by atoms with van der Waals surface area (Å²) in [5, 5.41) is 4.95. The quantitative estimate of drug-likeness (QED) is 0.887. The minimum Gasteiger partial charge on any atom is -0.498 e. The van der Waals surface area contributed by atoms with Gasteiger partial charge < -0.3 is 14.8 Å². The molecular formula is C15H18N2O4. The summed E-state index contributed by atoms with van der Waals surface area (Å²) >= 11 is 0. The number of carbonyl (C=O) groups is 2. The maximum Gasteiger partial charge on any atom is 0.322 e. The number of rotatable bonds is 4. The van der Waals surface area contributed by atoms with Gasteiger partial charge in [-0.3, -0.25) is 10.1 Å². The molecule has 0 aliphatic carbocycles. The lowest BCUT2D eigenvalue weighted by molar-refractivity contribution is -0.116. The number of nitrogens with one attached hydrogen (secondary N) is 2. The highest BCUT2D eigenvalue weighted by Gasteiger charge is 2.29. The molecule has 0 aromatic heterocycles. The normalized spacial score (nSPS) is 18.7. The zero-order chi connectivity index (χ0) is 15.4. The van der Waals surface area contributed by atoms with Crippen molar-refractivity contribution >= 4 is 11.9 Å². The molecule has 0 saturated heterocycles. The molecule has 0 bridgehead atoms. The van der Waals surface area contributed by atoms with Crippen molar-refractivity contribution in [2.75, 3.05) is 13.7 Å². The number of hydrogen-bond acceptors (Lipinski definition) is 4. The average Bonchev–Trinajstić information content (AvgIpc) is 2.57. The van der Waals surface area contributed by atoms with Gasteiger partial charge in [-0.25, -0.2) is 4.79 Å². The molecule has 3 amide bonds. The molecule has 0 radical (unpaired) electrons. The minimum absolute atomic E-state index is 0.370. The molecule has 1 aromatic carbocycles. The van der Waals surface area contributed by atoms with E-state index in [1.54, 1.807) is 6.92 Å². The summed E-state index contributed by atoms with van der Waals surface area (Å²) in [7, 11) is 1.48. The number of amides is 3. The third-order valence-corrected chi connectivity index (χ3v) is 3.22. The Morgan fingerprint density at radius 2 is 1.86 bits per heavy atom. The van der Waals surface area contributed by atoms with Gasteiger partial charge in [-0.15, -0.1) is 0 Å². The summed E-state index contributed by atoms with van der Waals surface area (Å²) in [6, 6.07) is 6.22. The van der Waals surface area contributed by atoms with Gasteiger partial charge in [0.05, 0.1) is 19.3 Å². The zero-order valence-corrected chi connectivity index (χ0v) is 12.2. The highest BCUT2D eigenvalue weighted by molar-refractivity contribution is 6.05. The van der Waals surface area contributed by atoms with Crippen molar-refractivity contribution in [3.05, 3.63) is 41.2 Å². The molecule has 1 aliphatic rings. The van der Waals surface area contributed by atoms with Crippen molar-refractivity contribution in [3.8, 4) is 5.75 Å². The van der Waals surface area contributed by atoms with Crippen LogP contribution in [0.4, 0.5) is 4.79 Å². The zero-order valence-electron chi connectivity index (χ0n) is 12.2. The summed E-state index contributed by atoms with van der Waals surface area (Å²) in [6.45, 7) is 4.11. The molecule has 0 saturated carbocycles. The first-order valence-corrected chi connectivity index (χ1v) is 6.66. The summed E-state index contributed by atoms with van der Waals surface area (Å²) in [5.74, 6) is 0.704. The first-order valence-electron chi connectivity index (χ1n) is 6.66. The number of carbonyl (C=O) groups excluding carboxylic acids is 2. The Morgan fingerprint density at radius 3 is 2.43 bits per heavy atom. The number of methoxy groups -OCH3 is 1. The number of urea groups is 1. The van der Waals surface area contributed by atoms with Crippen LogP contribution in [0.1, 0.15) is 25.5 Å². The van der Waals surface area contributed by atoms with Crippen LogP contribution in [0.3, 0.4) is 0 Å². The lowest BCUT2D eigenvalue weighted by Crippen LogP contribution is -2.38. The van der Waals surface area contributed by atoms with Crippen LogP contribution < -0.4 is 15.4 Å². The first kappa shape index (κ1) is 14.9. The van der Waals surface area contributed by atoms with Crippen molar-refractivity contribution in [1.29, 1.82) is 0 Å². The molecule has 1 atom stereocenters. The minimum atomic E-state index is -0.551. The fraction of sp³-hybridized carbons (Fsp3) is 0.333. The molecule has 1 aromatic rings. The van der Waals surface area contributed by atoms with E-state index in [1.165, 1.54) is 7.11 Å². The molecule has 1 aliphatic heterocycles. The van der Waals surface area contributed by atoms with Crippen molar-refractivity contribution in [1.82, 2.24) is 10.6 Å². The van der Waals surface area contributed by atoms with E-state index < -0.39 is 18.0 Å². The predicted octanol–water partition coefficient (Wildman–Crippen LogP) is 1.89. The summed E-state index contributed by atoms with van der Waals surface area (Å²) in [4.78, 5) is 23.5. The molecule has 0 spiro atoms. The van der Waals surface area contributed by atoms with Gasteiger partial charge in [0, 0.05) is 0 Å². The number of imide groups is 1. The Bertz CT molecular complexity index is 578. The van der Waals surface area contributed by atoms with Crippen LogP contribution in [0.15, 0.2) is 35.6 Å². The van der Waals surface area contributed by atoms with Crippen LogP contribution in [-0.2, 0) is 9.53 Å². The van der Waals surface area contributed by atoms with Gasteiger partial charge in [0.1, 0.15) is 17.6 Å². The fourth-order valence-electron chi connectivity index (χ4n) is 2.19. The fourth-order valence-corrected chi connectivity index (χ4v) is 2.19.